The molecule has 0 aromatic rings. The molecule has 0 heterocycles. The van der Waals surface area contributed by atoms with Crippen LogP contribution in [0.4, 0.5) is 13.2 Å². The van der Waals surface area contributed by atoms with E-state index in [1.165, 1.54) is 0 Å². The van der Waals surface area contributed by atoms with Crippen molar-refractivity contribution in [3.63, 3.8) is 0 Å². The van der Waals surface area contributed by atoms with Gasteiger partial charge in [-0.3, -0.25) is 0 Å². The maximum atomic E-state index is 12.3. The molecule has 1 rings (SSSR count). The van der Waals surface area contributed by atoms with Gasteiger partial charge in [0.2, 0.25) is 0 Å². The molecule has 0 aliphatic heterocycles. The summed E-state index contributed by atoms with van der Waals surface area (Å²) in [6.45, 7) is 0. The van der Waals surface area contributed by atoms with E-state index in [-0.39, 0.29) is 0 Å². The van der Waals surface area contributed by atoms with Crippen molar-refractivity contribution in [2.75, 3.05) is 0 Å². The topological polar surface area (TPSA) is 9.23 Å². The molecule has 1 nitrogen and oxygen atoms in total. The van der Waals surface area contributed by atoms with Crippen LogP contribution in [-0.4, -0.2) is 12.3 Å². The number of halogens is 3. The van der Waals surface area contributed by atoms with Crippen LogP contribution >= 0.6 is 0 Å². The minimum atomic E-state index is -4.32. The van der Waals surface area contributed by atoms with Crippen molar-refractivity contribution in [1.29, 1.82) is 0 Å². The van der Waals surface area contributed by atoms with E-state index >= 15 is 0 Å². The highest BCUT2D eigenvalue weighted by Gasteiger charge is 2.45. The molecule has 1 unspecified atom stereocenters. The molecule has 13 heavy (non-hydrogen) atoms. The van der Waals surface area contributed by atoms with Crippen molar-refractivity contribution in [1.82, 2.24) is 0 Å². The number of rotatable bonds is 2. The predicted octanol–water partition coefficient (Wildman–Crippen LogP) is 3.18. The second-order valence-corrected chi connectivity index (χ2v) is 3.50. The Kier molecular flexibility index (Phi) is 3.59. The molecule has 0 spiro atoms. The van der Waals surface area contributed by atoms with E-state index in [1.807, 2.05) is 0 Å². The summed E-state index contributed by atoms with van der Waals surface area (Å²) in [5, 5.41) is 0. The normalized spacial score (nSPS) is 23.1. The molecule has 1 fully saturated rings. The van der Waals surface area contributed by atoms with Crippen molar-refractivity contribution in [2.45, 2.75) is 44.4 Å². The Hall–Kier alpha value is -0.250. The van der Waals surface area contributed by atoms with Gasteiger partial charge >= 0.3 is 6.18 Å². The van der Waals surface area contributed by atoms with Gasteiger partial charge in [-0.2, -0.15) is 13.2 Å². The molecule has 1 saturated carbocycles. The van der Waals surface area contributed by atoms with E-state index in [0.29, 0.717) is 12.8 Å². The van der Waals surface area contributed by atoms with Crippen molar-refractivity contribution < 1.29 is 17.9 Å². The van der Waals surface area contributed by atoms with Gasteiger partial charge in [-0.15, -0.1) is 0 Å². The third-order valence-corrected chi connectivity index (χ3v) is 2.55. The molecule has 0 aromatic carbocycles. The lowest BCUT2D eigenvalue weighted by Gasteiger charge is -2.30. The van der Waals surface area contributed by atoms with Crippen molar-refractivity contribution in [3.8, 4) is 0 Å². The first-order chi connectivity index (χ1) is 6.05. The highest BCUT2D eigenvalue weighted by molar-refractivity contribution is 4.79. The zero-order valence-corrected chi connectivity index (χ0v) is 7.31. The Bertz CT molecular complexity index is 149. The van der Waals surface area contributed by atoms with Crippen LogP contribution in [0, 0.1) is 13.0 Å². The van der Waals surface area contributed by atoms with Crippen molar-refractivity contribution in [2.24, 2.45) is 5.92 Å². The third kappa shape index (κ3) is 2.86. The summed E-state index contributed by atoms with van der Waals surface area (Å²) in [6, 6.07) is 0. The lowest BCUT2D eigenvalue weighted by molar-refractivity contribution is -0.225. The molecule has 1 atom stereocenters. The minimum absolute atomic E-state index is 0.446. The zero-order valence-electron chi connectivity index (χ0n) is 7.31. The monoisotopic (exact) mass is 194 g/mol. The van der Waals surface area contributed by atoms with E-state index in [0.717, 1.165) is 19.3 Å². The smallest absolute Gasteiger partial charge is 0.360 e. The molecule has 0 N–H and O–H groups in total. The quantitative estimate of drug-likeness (QED) is 0.656. The average Bonchev–Trinajstić information content (AvgIpc) is 2.05. The largest absolute Gasteiger partial charge is 0.414 e. The predicted molar refractivity (Wildman–Crippen MR) is 41.8 cm³/mol. The van der Waals surface area contributed by atoms with Gasteiger partial charge in [0.15, 0.2) is 6.10 Å². The van der Waals surface area contributed by atoms with Crippen LogP contribution in [-0.2, 0) is 4.74 Å². The summed E-state index contributed by atoms with van der Waals surface area (Å²) in [6.07, 6.45) is -2.24. The van der Waals surface area contributed by atoms with Gasteiger partial charge in [-0.1, -0.05) is 19.3 Å². The van der Waals surface area contributed by atoms with Crippen LogP contribution in [0.2, 0.25) is 0 Å². The molecular formula is C9H13F3O. The second kappa shape index (κ2) is 4.31. The van der Waals surface area contributed by atoms with E-state index in [1.54, 1.807) is 0 Å². The summed E-state index contributed by atoms with van der Waals surface area (Å²) in [5.41, 5.74) is 0. The first kappa shape index (κ1) is 10.8. The summed E-state index contributed by atoms with van der Waals surface area (Å²) in [5.74, 6) is -0.446. The Morgan fingerprint density at radius 2 is 1.69 bits per heavy atom. The molecule has 0 amide bonds. The highest BCUT2D eigenvalue weighted by Crippen LogP contribution is 2.36. The van der Waals surface area contributed by atoms with Gasteiger partial charge in [0, 0.05) is 0 Å². The van der Waals surface area contributed by atoms with Crippen LogP contribution in [0.15, 0.2) is 0 Å². The molecule has 2 radical (unpaired) electrons. The van der Waals surface area contributed by atoms with Gasteiger partial charge in [-0.25, -0.2) is 0 Å². The summed E-state index contributed by atoms with van der Waals surface area (Å²) < 4.78 is 40.9. The highest BCUT2D eigenvalue weighted by atomic mass is 19.4. The van der Waals surface area contributed by atoms with E-state index < -0.39 is 18.2 Å². The van der Waals surface area contributed by atoms with Gasteiger partial charge in [-0.05, 0) is 18.8 Å². The second-order valence-electron chi connectivity index (χ2n) is 3.50. The molecule has 1 aliphatic carbocycles. The van der Waals surface area contributed by atoms with Crippen molar-refractivity contribution in [3.05, 3.63) is 7.11 Å². The summed E-state index contributed by atoms with van der Waals surface area (Å²) >= 11 is 0. The SMILES string of the molecule is [CH]OC(C1CCCCC1)C(F)(F)F. The Morgan fingerprint density at radius 3 is 2.08 bits per heavy atom. The van der Waals surface area contributed by atoms with Gasteiger partial charge in [0.05, 0.1) is 0 Å². The van der Waals surface area contributed by atoms with E-state index in [4.69, 9.17) is 0 Å². The van der Waals surface area contributed by atoms with Crippen LogP contribution in [0.5, 0.6) is 0 Å². The summed E-state index contributed by atoms with van der Waals surface area (Å²) in [4.78, 5) is 0. The van der Waals surface area contributed by atoms with Gasteiger partial charge in [0.25, 0.3) is 0 Å². The third-order valence-electron chi connectivity index (χ3n) is 2.55. The van der Waals surface area contributed by atoms with Gasteiger partial charge < -0.3 is 4.74 Å². The molecule has 0 aromatic heterocycles. The molecule has 1 aliphatic rings. The number of hydrogen-bond acceptors (Lipinski definition) is 1. The van der Waals surface area contributed by atoms with Crippen molar-refractivity contribution >= 4 is 0 Å². The lowest BCUT2D eigenvalue weighted by Crippen LogP contribution is -2.38. The van der Waals surface area contributed by atoms with Crippen LogP contribution < -0.4 is 0 Å². The average molecular weight is 194 g/mol. The Labute approximate surface area is 76.3 Å². The van der Waals surface area contributed by atoms with Crippen LogP contribution in [0.25, 0.3) is 0 Å². The fraction of sp³-hybridized carbons (Fsp3) is 0.889. The number of ether oxygens (including phenoxy) is 1. The maximum Gasteiger partial charge on any atom is 0.414 e. The van der Waals surface area contributed by atoms with Gasteiger partial charge in [0.1, 0.15) is 7.11 Å². The molecule has 0 bridgehead atoms. The fourth-order valence-corrected chi connectivity index (χ4v) is 1.89. The van der Waals surface area contributed by atoms with Crippen LogP contribution in [0.1, 0.15) is 32.1 Å². The fourth-order valence-electron chi connectivity index (χ4n) is 1.89. The summed E-state index contributed by atoms with van der Waals surface area (Å²) in [7, 11) is 4.67. The van der Waals surface area contributed by atoms with E-state index in [9.17, 15) is 13.2 Å². The Balaban J connectivity index is 2.54. The number of hydrogen-bond donors (Lipinski definition) is 0. The standard InChI is InChI=1S/C9H13F3O/c1-13-8(9(10,11)12)7-5-3-2-4-6-7/h1,7-8H,2-6H2. The lowest BCUT2D eigenvalue weighted by atomic mass is 9.85. The molecular weight excluding hydrogens is 181 g/mol. The maximum absolute atomic E-state index is 12.3. The number of alkyl halides is 3. The van der Waals surface area contributed by atoms with Crippen LogP contribution in [0.3, 0.4) is 0 Å². The zero-order chi connectivity index (χ0) is 9.90. The molecule has 0 saturated heterocycles. The Morgan fingerprint density at radius 1 is 1.15 bits per heavy atom. The first-order valence-electron chi connectivity index (χ1n) is 4.48. The first-order valence-corrected chi connectivity index (χ1v) is 4.48. The van der Waals surface area contributed by atoms with E-state index in [2.05, 4.69) is 11.8 Å². The molecule has 4 heteroatoms. The molecule has 76 valence electrons. The minimum Gasteiger partial charge on any atom is -0.360 e.